The highest BCUT2D eigenvalue weighted by Crippen LogP contribution is 2.33. The average Bonchev–Trinajstić information content (AvgIpc) is 2.88. The first-order chi connectivity index (χ1) is 10.6. The predicted octanol–water partition coefficient (Wildman–Crippen LogP) is 4.11. The maximum absolute atomic E-state index is 12.4. The van der Waals surface area contributed by atoms with E-state index in [0.29, 0.717) is 11.3 Å². The molecule has 1 heterocycles. The monoisotopic (exact) mass is 357 g/mol. The summed E-state index contributed by atoms with van der Waals surface area (Å²) < 4.78 is 77.7. The van der Waals surface area contributed by atoms with Gasteiger partial charge in [0.2, 0.25) is 10.1 Å². The third kappa shape index (κ3) is 5.27. The lowest BCUT2D eigenvalue weighted by Crippen LogP contribution is -2.18. The van der Waals surface area contributed by atoms with Gasteiger partial charge in [0.25, 0.3) is 0 Å². The van der Waals surface area contributed by atoms with Gasteiger partial charge in [-0.05, 0) is 18.1 Å². The van der Waals surface area contributed by atoms with Gasteiger partial charge in [0.05, 0.1) is 0 Å². The molecule has 0 saturated heterocycles. The van der Waals surface area contributed by atoms with Crippen LogP contribution >= 0.6 is 11.3 Å². The molecule has 1 aromatic carbocycles. The first kappa shape index (κ1) is 17.3. The normalized spacial score (nSPS) is 12.3. The molecule has 0 unspecified atom stereocenters. The molecule has 0 radical (unpaired) electrons. The molecule has 0 aliphatic heterocycles. The van der Waals surface area contributed by atoms with E-state index >= 15 is 0 Å². The van der Waals surface area contributed by atoms with Crippen LogP contribution < -0.4 is 10.1 Å². The van der Waals surface area contributed by atoms with Crippen LogP contribution in [0.2, 0.25) is 0 Å². The topological polar surface area (TPSA) is 47.0 Å². The Morgan fingerprint density at radius 1 is 1.04 bits per heavy atom. The van der Waals surface area contributed by atoms with E-state index in [0.717, 1.165) is 6.07 Å². The summed E-state index contributed by atoms with van der Waals surface area (Å²) in [5.74, 6) is -0.352. The fourth-order valence-electron chi connectivity index (χ4n) is 1.65. The van der Waals surface area contributed by atoms with Crippen LogP contribution in [0.1, 0.15) is 10.6 Å². The van der Waals surface area contributed by atoms with Crippen molar-refractivity contribution in [2.75, 3.05) is 11.9 Å². The van der Waals surface area contributed by atoms with Crippen LogP contribution in [0.4, 0.5) is 31.5 Å². The first-order valence-corrected chi connectivity index (χ1v) is 6.95. The molecule has 0 bridgehead atoms. The molecule has 1 N–H and O–H groups in total. The van der Waals surface area contributed by atoms with E-state index in [9.17, 15) is 26.3 Å². The second-order valence-electron chi connectivity index (χ2n) is 4.24. The van der Waals surface area contributed by atoms with Crippen molar-refractivity contribution in [3.8, 4) is 5.75 Å². The number of para-hydroxylation sites is 1. The number of nitrogens with one attached hydrogen (secondary N) is 1. The second kappa shape index (κ2) is 6.60. The van der Waals surface area contributed by atoms with E-state index in [1.807, 2.05) is 0 Å². The second-order valence-corrected chi connectivity index (χ2v) is 5.22. The molecule has 2 aromatic rings. The summed E-state index contributed by atoms with van der Waals surface area (Å²) in [6.07, 6.45) is -9.29. The minimum absolute atomic E-state index is 0.0634. The van der Waals surface area contributed by atoms with Gasteiger partial charge >= 0.3 is 12.5 Å². The number of alkyl halides is 6. The zero-order valence-corrected chi connectivity index (χ0v) is 12.0. The molecule has 1 aromatic heterocycles. The summed E-state index contributed by atoms with van der Waals surface area (Å²) in [5.41, 5.74) is 0.262. The van der Waals surface area contributed by atoms with E-state index in [-0.39, 0.29) is 29.4 Å². The van der Waals surface area contributed by atoms with Crippen molar-refractivity contribution in [3.63, 3.8) is 0 Å². The zero-order chi connectivity index (χ0) is 17.1. The molecule has 0 spiro atoms. The number of ether oxygens (including phenoxy) is 1. The van der Waals surface area contributed by atoms with E-state index in [2.05, 4.69) is 20.3 Å². The lowest BCUT2D eigenvalue weighted by Gasteiger charge is -2.13. The Bertz CT molecular complexity index is 655. The van der Waals surface area contributed by atoms with Crippen LogP contribution in [0.5, 0.6) is 5.75 Å². The fourth-order valence-corrected chi connectivity index (χ4v) is 2.28. The Hall–Kier alpha value is -2.04. The third-order valence-electron chi connectivity index (χ3n) is 2.54. The molecule has 0 aliphatic rings. The molecule has 4 nitrogen and oxygen atoms in total. The van der Waals surface area contributed by atoms with E-state index < -0.39 is 17.5 Å². The van der Waals surface area contributed by atoms with Crippen molar-refractivity contribution >= 4 is 16.5 Å². The van der Waals surface area contributed by atoms with Gasteiger partial charge in [0.15, 0.2) is 0 Å². The highest BCUT2D eigenvalue weighted by Gasteiger charge is 2.35. The largest absolute Gasteiger partial charge is 0.573 e. The molecular formula is C12H9F6N3OS. The molecular weight excluding hydrogens is 348 g/mol. The van der Waals surface area contributed by atoms with Gasteiger partial charge in [-0.2, -0.15) is 13.2 Å². The summed E-state index contributed by atoms with van der Waals surface area (Å²) in [4.78, 5) is 0. The van der Waals surface area contributed by atoms with Gasteiger partial charge in [0.1, 0.15) is 5.75 Å². The van der Waals surface area contributed by atoms with E-state index in [4.69, 9.17) is 0 Å². The predicted molar refractivity (Wildman–Crippen MR) is 70.2 cm³/mol. The van der Waals surface area contributed by atoms with Crippen molar-refractivity contribution in [2.45, 2.75) is 19.0 Å². The lowest BCUT2D eigenvalue weighted by atomic mass is 10.1. The molecule has 23 heavy (non-hydrogen) atoms. The molecule has 0 saturated carbocycles. The molecule has 11 heteroatoms. The third-order valence-corrected chi connectivity index (χ3v) is 3.46. The summed E-state index contributed by atoms with van der Waals surface area (Å²) >= 11 is 0.320. The average molecular weight is 357 g/mol. The Kier molecular flexibility index (Phi) is 4.97. The van der Waals surface area contributed by atoms with Crippen molar-refractivity contribution < 1.29 is 31.1 Å². The number of halogens is 6. The number of nitrogens with zero attached hydrogens (tertiary/aromatic N) is 2. The van der Waals surface area contributed by atoms with Crippen molar-refractivity contribution in [2.24, 2.45) is 0 Å². The smallest absolute Gasteiger partial charge is 0.406 e. The van der Waals surface area contributed by atoms with Crippen LogP contribution in [0, 0.1) is 0 Å². The van der Waals surface area contributed by atoms with E-state index in [1.165, 1.54) is 18.2 Å². The molecule has 0 aliphatic carbocycles. The zero-order valence-electron chi connectivity index (χ0n) is 11.2. The Labute approximate surface area is 130 Å². The van der Waals surface area contributed by atoms with E-state index in [1.54, 1.807) is 0 Å². The lowest BCUT2D eigenvalue weighted by molar-refractivity contribution is -0.274. The van der Waals surface area contributed by atoms with Gasteiger partial charge in [-0.25, -0.2) is 0 Å². The summed E-state index contributed by atoms with van der Waals surface area (Å²) in [7, 11) is 0. The molecule has 0 atom stereocenters. The molecule has 126 valence electrons. The first-order valence-electron chi connectivity index (χ1n) is 6.13. The van der Waals surface area contributed by atoms with Gasteiger partial charge in [-0.3, -0.25) is 0 Å². The number of aromatic nitrogens is 2. The highest BCUT2D eigenvalue weighted by atomic mass is 32.1. The minimum Gasteiger partial charge on any atom is -0.406 e. The maximum atomic E-state index is 12.4. The fraction of sp³-hybridized carbons (Fsp3) is 0.333. The van der Waals surface area contributed by atoms with Crippen LogP contribution in [-0.4, -0.2) is 23.1 Å². The Morgan fingerprint density at radius 3 is 2.35 bits per heavy atom. The van der Waals surface area contributed by atoms with Crippen molar-refractivity contribution in [1.29, 1.82) is 0 Å². The Morgan fingerprint density at radius 2 is 1.74 bits per heavy atom. The SMILES string of the molecule is FC(F)(F)Oc1ccccc1CCNc1nnc(C(F)(F)F)s1. The van der Waals surface area contributed by atoms with Crippen LogP contribution in [0.3, 0.4) is 0 Å². The molecule has 0 amide bonds. The van der Waals surface area contributed by atoms with Crippen LogP contribution in [0.25, 0.3) is 0 Å². The summed E-state index contributed by atoms with van der Waals surface area (Å²) in [6.45, 7) is 0.0741. The van der Waals surface area contributed by atoms with Gasteiger partial charge in [-0.1, -0.05) is 29.5 Å². The van der Waals surface area contributed by atoms with Crippen molar-refractivity contribution in [1.82, 2.24) is 10.2 Å². The number of anilines is 1. The van der Waals surface area contributed by atoms with Crippen LogP contribution in [-0.2, 0) is 12.6 Å². The summed E-state index contributed by atoms with van der Waals surface area (Å²) in [5, 5.41) is 7.73. The maximum Gasteiger partial charge on any atom is 0.573 e. The van der Waals surface area contributed by atoms with Crippen LogP contribution in [0.15, 0.2) is 24.3 Å². The number of hydrogen-bond donors (Lipinski definition) is 1. The highest BCUT2D eigenvalue weighted by molar-refractivity contribution is 7.15. The van der Waals surface area contributed by atoms with Gasteiger partial charge in [-0.15, -0.1) is 23.4 Å². The molecule has 0 fully saturated rings. The van der Waals surface area contributed by atoms with Gasteiger partial charge < -0.3 is 10.1 Å². The Balaban J connectivity index is 1.95. The van der Waals surface area contributed by atoms with Crippen molar-refractivity contribution in [3.05, 3.63) is 34.8 Å². The number of rotatable bonds is 5. The number of hydrogen-bond acceptors (Lipinski definition) is 5. The molecule has 2 rings (SSSR count). The standard InChI is InChI=1S/C12H9F6N3OS/c13-11(14,15)9-20-21-10(23-9)19-6-5-7-3-1-2-4-8(7)22-12(16,17)18/h1-4H,5-6H2,(H,19,21). The minimum atomic E-state index is -4.82. The van der Waals surface area contributed by atoms with Gasteiger partial charge in [0, 0.05) is 6.54 Å². The summed E-state index contributed by atoms with van der Waals surface area (Å²) in [6, 6.07) is 5.52. The quantitative estimate of drug-likeness (QED) is 0.818. The number of benzene rings is 1.